The number of hydrogen-bond donors (Lipinski definition) is 1. The zero-order valence-electron chi connectivity index (χ0n) is 15.2. The Kier molecular flexibility index (Phi) is 3.93. The van der Waals surface area contributed by atoms with Gasteiger partial charge in [-0.3, -0.25) is 4.90 Å². The first kappa shape index (κ1) is 16.2. The molecule has 0 unspecified atom stereocenters. The SMILES string of the molecule is Oc1ccc2c(c1)[C@]1(CCc3ccccc3)CCN(CC3CC3)C[C@@H]1O2. The van der Waals surface area contributed by atoms with E-state index in [0.717, 1.165) is 44.0 Å². The van der Waals surface area contributed by atoms with Crippen molar-refractivity contribution in [1.29, 1.82) is 0 Å². The Morgan fingerprint density at radius 1 is 1.12 bits per heavy atom. The van der Waals surface area contributed by atoms with Crippen LogP contribution in [0.3, 0.4) is 0 Å². The summed E-state index contributed by atoms with van der Waals surface area (Å²) < 4.78 is 6.44. The summed E-state index contributed by atoms with van der Waals surface area (Å²) in [5.41, 5.74) is 2.64. The fraction of sp³-hybridized carbons (Fsp3) is 0.478. The van der Waals surface area contributed by atoms with Gasteiger partial charge < -0.3 is 9.84 Å². The molecule has 0 radical (unpaired) electrons. The highest BCUT2D eigenvalue weighted by atomic mass is 16.5. The summed E-state index contributed by atoms with van der Waals surface area (Å²) >= 11 is 0. The van der Waals surface area contributed by atoms with E-state index in [4.69, 9.17) is 4.74 Å². The Morgan fingerprint density at radius 2 is 1.96 bits per heavy atom. The maximum atomic E-state index is 10.1. The van der Waals surface area contributed by atoms with Gasteiger partial charge >= 0.3 is 0 Å². The lowest BCUT2D eigenvalue weighted by Gasteiger charge is -2.43. The predicted octanol–water partition coefficient (Wildman–Crippen LogP) is 4.14. The van der Waals surface area contributed by atoms with Crippen molar-refractivity contribution in [3.63, 3.8) is 0 Å². The molecule has 3 aliphatic rings. The molecule has 1 aliphatic carbocycles. The first-order chi connectivity index (χ1) is 12.7. The van der Waals surface area contributed by atoms with Crippen LogP contribution < -0.4 is 4.74 Å². The van der Waals surface area contributed by atoms with E-state index in [-0.39, 0.29) is 11.5 Å². The quantitative estimate of drug-likeness (QED) is 0.881. The molecule has 3 nitrogen and oxygen atoms in total. The number of phenols is 1. The predicted molar refractivity (Wildman–Crippen MR) is 103 cm³/mol. The van der Waals surface area contributed by atoms with Crippen LogP contribution in [-0.2, 0) is 11.8 Å². The topological polar surface area (TPSA) is 32.7 Å². The van der Waals surface area contributed by atoms with Gasteiger partial charge in [-0.1, -0.05) is 30.3 Å². The van der Waals surface area contributed by atoms with E-state index < -0.39 is 0 Å². The first-order valence-electron chi connectivity index (χ1n) is 9.99. The molecule has 0 amide bonds. The van der Waals surface area contributed by atoms with Crippen LogP contribution in [0.1, 0.15) is 36.8 Å². The van der Waals surface area contributed by atoms with Crippen LogP contribution in [0.15, 0.2) is 48.5 Å². The van der Waals surface area contributed by atoms with E-state index in [1.54, 1.807) is 6.07 Å². The number of ether oxygens (including phenoxy) is 1. The fourth-order valence-electron chi connectivity index (χ4n) is 4.90. The maximum absolute atomic E-state index is 10.1. The Bertz CT molecular complexity index is 786. The highest BCUT2D eigenvalue weighted by Crippen LogP contribution is 2.51. The number of aromatic hydroxyl groups is 1. The third-order valence-electron chi connectivity index (χ3n) is 6.60. The highest BCUT2D eigenvalue weighted by molar-refractivity contribution is 5.49. The summed E-state index contributed by atoms with van der Waals surface area (Å²) in [6.45, 7) is 3.39. The van der Waals surface area contributed by atoms with Crippen LogP contribution in [0, 0.1) is 5.92 Å². The van der Waals surface area contributed by atoms with Crippen LogP contribution in [0.5, 0.6) is 11.5 Å². The fourth-order valence-corrected chi connectivity index (χ4v) is 4.90. The molecule has 0 aromatic heterocycles. The van der Waals surface area contributed by atoms with Crippen molar-refractivity contribution in [1.82, 2.24) is 4.90 Å². The highest BCUT2D eigenvalue weighted by Gasteiger charge is 2.51. The van der Waals surface area contributed by atoms with E-state index >= 15 is 0 Å². The molecular weight excluding hydrogens is 322 g/mol. The molecule has 2 atom stereocenters. The average molecular weight is 349 g/mol. The van der Waals surface area contributed by atoms with Gasteiger partial charge in [-0.25, -0.2) is 0 Å². The van der Waals surface area contributed by atoms with Crippen LogP contribution >= 0.6 is 0 Å². The zero-order chi connectivity index (χ0) is 17.6. The van der Waals surface area contributed by atoms with E-state index in [1.807, 2.05) is 12.1 Å². The number of hydrogen-bond acceptors (Lipinski definition) is 3. The van der Waals surface area contributed by atoms with Crippen molar-refractivity contribution in [2.75, 3.05) is 19.6 Å². The van der Waals surface area contributed by atoms with E-state index in [9.17, 15) is 5.11 Å². The number of rotatable bonds is 5. The van der Waals surface area contributed by atoms with Gasteiger partial charge in [-0.2, -0.15) is 0 Å². The molecule has 1 saturated heterocycles. The summed E-state index contributed by atoms with van der Waals surface area (Å²) in [6.07, 6.45) is 6.25. The Balaban J connectivity index is 1.43. The van der Waals surface area contributed by atoms with Gasteiger partial charge in [0.25, 0.3) is 0 Å². The molecule has 3 heteroatoms. The molecule has 1 saturated carbocycles. The Labute approximate surface area is 155 Å². The van der Waals surface area contributed by atoms with Gasteiger partial charge in [0.05, 0.1) is 0 Å². The lowest BCUT2D eigenvalue weighted by molar-refractivity contribution is 0.0362. The molecule has 2 aliphatic heterocycles. The van der Waals surface area contributed by atoms with Crippen molar-refractivity contribution in [2.45, 2.75) is 43.6 Å². The summed E-state index contributed by atoms with van der Waals surface area (Å²) in [7, 11) is 0. The molecule has 0 spiro atoms. The first-order valence-corrected chi connectivity index (χ1v) is 9.99. The molecule has 2 aromatic carbocycles. The van der Waals surface area contributed by atoms with Crippen LogP contribution in [-0.4, -0.2) is 35.7 Å². The molecule has 2 heterocycles. The number of piperidine rings is 1. The maximum Gasteiger partial charge on any atom is 0.124 e. The molecule has 2 fully saturated rings. The van der Waals surface area contributed by atoms with Crippen molar-refractivity contribution in [3.8, 4) is 11.5 Å². The molecular formula is C23H27NO2. The van der Waals surface area contributed by atoms with Gasteiger partial charge in [0.15, 0.2) is 0 Å². The largest absolute Gasteiger partial charge is 0.508 e. The molecule has 2 aromatic rings. The number of fused-ring (bicyclic) bond motifs is 3. The van der Waals surface area contributed by atoms with Crippen LogP contribution in [0.25, 0.3) is 0 Å². The van der Waals surface area contributed by atoms with Gasteiger partial charge in [0, 0.05) is 24.1 Å². The van der Waals surface area contributed by atoms with Crippen molar-refractivity contribution in [3.05, 3.63) is 59.7 Å². The Morgan fingerprint density at radius 3 is 2.77 bits per heavy atom. The lowest BCUT2D eigenvalue weighted by Crippen LogP contribution is -2.53. The van der Waals surface area contributed by atoms with E-state index in [0.29, 0.717) is 5.75 Å². The number of nitrogens with zero attached hydrogens (tertiary/aromatic N) is 1. The second kappa shape index (κ2) is 6.31. The van der Waals surface area contributed by atoms with E-state index in [1.165, 1.54) is 30.5 Å². The number of benzene rings is 2. The summed E-state index contributed by atoms with van der Waals surface area (Å²) in [4.78, 5) is 2.61. The molecule has 5 rings (SSSR count). The van der Waals surface area contributed by atoms with Gasteiger partial charge in [0.1, 0.15) is 17.6 Å². The summed E-state index contributed by atoms with van der Waals surface area (Å²) in [6, 6.07) is 16.4. The number of phenolic OH excluding ortho intramolecular Hbond substituents is 1. The minimum absolute atomic E-state index is 0.0317. The number of likely N-dealkylation sites (tertiary alicyclic amines) is 1. The summed E-state index contributed by atoms with van der Waals surface area (Å²) in [5, 5.41) is 10.1. The van der Waals surface area contributed by atoms with Crippen molar-refractivity contribution < 1.29 is 9.84 Å². The number of aryl methyl sites for hydroxylation is 1. The zero-order valence-corrected chi connectivity index (χ0v) is 15.2. The van der Waals surface area contributed by atoms with Crippen LogP contribution in [0.4, 0.5) is 0 Å². The standard InChI is InChI=1S/C23H27NO2/c25-19-8-9-21-20(14-19)23(11-10-17-4-2-1-3-5-17)12-13-24(15-18-6-7-18)16-22(23)26-21/h1-5,8-9,14,18,22,25H,6-7,10-13,15-16H2/t22-,23-/m0/s1. The molecule has 26 heavy (non-hydrogen) atoms. The smallest absolute Gasteiger partial charge is 0.124 e. The molecule has 0 bridgehead atoms. The van der Waals surface area contributed by atoms with Gasteiger partial charge in [0.2, 0.25) is 0 Å². The van der Waals surface area contributed by atoms with Crippen molar-refractivity contribution >= 4 is 0 Å². The molecule has 1 N–H and O–H groups in total. The van der Waals surface area contributed by atoms with Gasteiger partial charge in [-0.05, 0) is 68.3 Å². The molecule has 136 valence electrons. The second-order valence-electron chi connectivity index (χ2n) is 8.38. The van der Waals surface area contributed by atoms with Crippen LogP contribution in [0.2, 0.25) is 0 Å². The normalized spacial score (nSPS) is 27.6. The monoisotopic (exact) mass is 349 g/mol. The Hall–Kier alpha value is -2.00. The average Bonchev–Trinajstić information content (AvgIpc) is 3.42. The summed E-state index contributed by atoms with van der Waals surface area (Å²) in [5.74, 6) is 2.25. The van der Waals surface area contributed by atoms with Crippen molar-refractivity contribution in [2.24, 2.45) is 5.92 Å². The van der Waals surface area contributed by atoms with Gasteiger partial charge in [-0.15, -0.1) is 0 Å². The third kappa shape index (κ3) is 2.88. The van der Waals surface area contributed by atoms with E-state index in [2.05, 4.69) is 35.2 Å². The minimum Gasteiger partial charge on any atom is -0.508 e. The second-order valence-corrected chi connectivity index (χ2v) is 8.38. The lowest BCUT2D eigenvalue weighted by atomic mass is 9.68. The minimum atomic E-state index is 0.0317. The third-order valence-corrected chi connectivity index (χ3v) is 6.60.